The molecule has 0 aliphatic rings. The number of nitrogens with one attached hydrogen (secondary N) is 7. The Bertz CT molecular complexity index is 2150. The van der Waals surface area contributed by atoms with Gasteiger partial charge in [0.1, 0.15) is 23.8 Å². The molecule has 3 atom stereocenters. The van der Waals surface area contributed by atoms with Crippen molar-refractivity contribution in [3.63, 3.8) is 0 Å². The summed E-state index contributed by atoms with van der Waals surface area (Å²) in [7, 11) is -4.64. The first kappa shape index (κ1) is 37.5. The van der Waals surface area contributed by atoms with Crippen LogP contribution in [0.5, 0.6) is 0 Å². The lowest BCUT2D eigenvalue weighted by Gasteiger charge is -2.16. The van der Waals surface area contributed by atoms with E-state index < -0.39 is 44.0 Å². The summed E-state index contributed by atoms with van der Waals surface area (Å²) >= 11 is 0. The van der Waals surface area contributed by atoms with Crippen molar-refractivity contribution in [2.45, 2.75) is 18.3 Å². The van der Waals surface area contributed by atoms with Crippen molar-refractivity contribution in [1.82, 2.24) is 59.8 Å². The number of phosphoric acid groups is 1. The molecule has 0 aromatic carbocycles. The van der Waals surface area contributed by atoms with Gasteiger partial charge in [0.05, 0.1) is 31.9 Å². The van der Waals surface area contributed by atoms with E-state index in [0.717, 1.165) is 0 Å². The lowest BCUT2D eigenvalue weighted by atomic mass is 10.1. The number of rotatable bonds is 4. The summed E-state index contributed by atoms with van der Waals surface area (Å²) in [6.45, 7) is -0.688. The fourth-order valence-electron chi connectivity index (χ4n) is 2.92. The first-order valence-electron chi connectivity index (χ1n) is 12.2. The van der Waals surface area contributed by atoms with Crippen LogP contribution in [0.15, 0.2) is 44.5 Å². The number of hydrogen-bond acceptors (Lipinski definition) is 16. The monoisotopic (exact) mass is 687 g/mol. The van der Waals surface area contributed by atoms with Crippen molar-refractivity contribution in [1.29, 1.82) is 0 Å². The maximum absolute atomic E-state index is 11.0. The predicted molar refractivity (Wildman–Crippen MR) is 156 cm³/mol. The minimum Gasteiger partial charge on any atom is -0.394 e. The van der Waals surface area contributed by atoms with Crippen LogP contribution in [-0.2, 0) is 9.36 Å². The van der Waals surface area contributed by atoms with Crippen LogP contribution in [-0.4, -0.2) is 126 Å². The average Bonchev–Trinajstić information content (AvgIpc) is 3.77. The number of carbonyl (C=O) groups excluding carboxylic acids is 1. The van der Waals surface area contributed by atoms with E-state index in [0.29, 0.717) is 22.3 Å². The van der Waals surface area contributed by atoms with Crippen LogP contribution in [0, 0.1) is 0 Å². The van der Waals surface area contributed by atoms with Crippen LogP contribution in [0.25, 0.3) is 33.5 Å². The van der Waals surface area contributed by atoms with E-state index >= 15 is 0 Å². The summed E-state index contributed by atoms with van der Waals surface area (Å²) in [6.07, 6.45) is 0.870. The molecule has 0 aliphatic heterocycles. The summed E-state index contributed by atoms with van der Waals surface area (Å²) in [6, 6.07) is 0. The number of imidazole rings is 3. The Hall–Kier alpha value is -5.73. The quantitative estimate of drug-likeness (QED) is 0.0606. The Morgan fingerprint density at radius 2 is 1.23 bits per heavy atom. The molecule has 26 nitrogen and oxygen atoms in total. The molecule has 0 aliphatic carbocycles. The molecule has 0 amide bonds. The van der Waals surface area contributed by atoms with Gasteiger partial charge in [0.2, 0.25) is 5.95 Å². The van der Waals surface area contributed by atoms with Gasteiger partial charge in [-0.1, -0.05) is 0 Å². The lowest BCUT2D eigenvalue weighted by molar-refractivity contribution is -0.127. The zero-order chi connectivity index (χ0) is 35.3. The summed E-state index contributed by atoms with van der Waals surface area (Å²) in [5, 5.41) is 34.1. The van der Waals surface area contributed by atoms with Crippen LogP contribution in [0.1, 0.15) is 0 Å². The number of aliphatic hydroxyl groups excluding tert-OH is 4. The van der Waals surface area contributed by atoms with Gasteiger partial charge in [-0.2, -0.15) is 4.98 Å². The van der Waals surface area contributed by atoms with Crippen LogP contribution in [0.2, 0.25) is 0 Å². The van der Waals surface area contributed by atoms with Crippen molar-refractivity contribution in [3.05, 3.63) is 66.9 Å². The third-order valence-electron chi connectivity index (χ3n) is 4.94. The molecular formula is C20H26N13O13P. The van der Waals surface area contributed by atoms with Crippen molar-refractivity contribution in [2.75, 3.05) is 12.3 Å². The fourth-order valence-corrected chi connectivity index (χ4v) is 2.92. The third kappa shape index (κ3) is 11.9. The lowest BCUT2D eigenvalue weighted by Crippen LogP contribution is -2.40. The van der Waals surface area contributed by atoms with E-state index in [-0.39, 0.29) is 34.5 Å². The Labute approximate surface area is 255 Å². The van der Waals surface area contributed by atoms with Crippen molar-refractivity contribution >= 4 is 53.5 Å². The van der Waals surface area contributed by atoms with E-state index in [1.165, 1.54) is 25.3 Å². The van der Waals surface area contributed by atoms with Gasteiger partial charge in [-0.05, 0) is 0 Å². The van der Waals surface area contributed by atoms with E-state index in [9.17, 15) is 24.0 Å². The molecule has 6 aromatic rings. The third-order valence-corrected chi connectivity index (χ3v) is 4.94. The molecule has 16 N–H and O–H groups in total. The number of aromatic nitrogens is 12. The number of nitrogens with zero attached hydrogens (tertiary/aromatic N) is 5. The van der Waals surface area contributed by atoms with E-state index in [2.05, 4.69) is 59.8 Å². The molecule has 0 saturated heterocycles. The Morgan fingerprint density at radius 3 is 1.79 bits per heavy atom. The highest BCUT2D eigenvalue weighted by atomic mass is 31.2. The Balaban J connectivity index is 0.000000208. The molecule has 254 valence electrons. The molecule has 0 spiro atoms. The largest absolute Gasteiger partial charge is 0.466 e. The van der Waals surface area contributed by atoms with E-state index in [4.69, 9.17) is 45.4 Å². The number of nitrogen functional groups attached to an aromatic ring is 1. The second-order valence-corrected chi connectivity index (χ2v) is 9.33. The molecule has 6 aromatic heterocycles. The summed E-state index contributed by atoms with van der Waals surface area (Å²) in [4.78, 5) is 111. The molecule has 0 radical (unpaired) electrons. The molecule has 0 saturated carbocycles. The van der Waals surface area contributed by atoms with Gasteiger partial charge in [0.15, 0.2) is 34.3 Å². The topological polar surface area (TPSA) is 445 Å². The highest BCUT2D eigenvalue weighted by Gasteiger charge is 2.22. The molecule has 0 fully saturated rings. The van der Waals surface area contributed by atoms with Gasteiger partial charge in [-0.25, -0.2) is 29.3 Å². The highest BCUT2D eigenvalue weighted by Crippen LogP contribution is 2.25. The van der Waals surface area contributed by atoms with Gasteiger partial charge >= 0.3 is 13.5 Å². The molecule has 3 unspecified atom stereocenters. The zero-order valence-corrected chi connectivity index (χ0v) is 24.1. The number of fused-ring (bicyclic) bond motifs is 3. The van der Waals surface area contributed by atoms with Crippen LogP contribution >= 0.6 is 7.82 Å². The molecule has 27 heteroatoms. The second-order valence-electron chi connectivity index (χ2n) is 8.30. The van der Waals surface area contributed by atoms with Crippen LogP contribution in [0.4, 0.5) is 5.95 Å². The Kier molecular flexibility index (Phi) is 13.6. The number of aliphatic hydroxyl groups is 4. The van der Waals surface area contributed by atoms with E-state index in [1.807, 2.05) is 0 Å². The summed E-state index contributed by atoms with van der Waals surface area (Å²) in [5.74, 6) is 0.0783. The number of aromatic amines is 7. The fraction of sp³-hybridized carbons (Fsp3) is 0.200. The summed E-state index contributed by atoms with van der Waals surface area (Å²) in [5.41, 5.74) is 5.88. The standard InChI is InChI=1S/C5H5N5O.C5H4N4O2.C5H4N4O.C5H10O5.H3O4P/c6-5-9-3-2(4(11)10-5)7-1-8-3;10-4-2-3(7-1-6-2)8-5(11)9-4;10-5-3-4(7-1-6-3)8-2-9-5;6-1-3(8)5(10)4(9)2-7;1-5(2,3)4/h1H,(H4,6,7,8,9,10,11);1H,(H3,6,7,8,9,10,11);1-2H,(H2,6,7,8,9,10);1,3-5,7-10H,2H2;(H3,1,2,3,4). The van der Waals surface area contributed by atoms with Gasteiger partial charge in [0.25, 0.3) is 16.7 Å². The number of hydrogen-bond donors (Lipinski definition) is 15. The minimum atomic E-state index is -4.64. The summed E-state index contributed by atoms with van der Waals surface area (Å²) < 4.78 is 8.88. The number of nitrogens with two attached hydrogens (primary N) is 1. The number of carbonyl (C=O) groups is 1. The number of H-pyrrole nitrogens is 7. The number of aldehydes is 1. The Morgan fingerprint density at radius 1 is 0.745 bits per heavy atom. The van der Waals surface area contributed by atoms with Crippen LogP contribution in [0.3, 0.4) is 0 Å². The van der Waals surface area contributed by atoms with Gasteiger partial charge in [-0.15, -0.1) is 0 Å². The van der Waals surface area contributed by atoms with Crippen molar-refractivity contribution < 1.29 is 44.5 Å². The van der Waals surface area contributed by atoms with Gasteiger partial charge in [0, 0.05) is 0 Å². The van der Waals surface area contributed by atoms with Gasteiger partial charge in [-0.3, -0.25) is 29.3 Å². The van der Waals surface area contributed by atoms with E-state index in [1.54, 1.807) is 0 Å². The first-order chi connectivity index (χ1) is 22.0. The smallest absolute Gasteiger partial charge is 0.394 e. The molecule has 47 heavy (non-hydrogen) atoms. The highest BCUT2D eigenvalue weighted by molar-refractivity contribution is 7.45. The van der Waals surface area contributed by atoms with Crippen LogP contribution < -0.4 is 28.1 Å². The average molecular weight is 687 g/mol. The molecule has 6 rings (SSSR count). The molecule has 6 heterocycles. The van der Waals surface area contributed by atoms with Crippen molar-refractivity contribution in [3.8, 4) is 0 Å². The molecule has 0 bridgehead atoms. The SMILES string of the molecule is Nc1nc2nc[nH]c2c(=O)[nH]1.O=CC(O)C(O)C(O)CO.O=P(O)(O)O.O=c1[nH]c(=O)c2[nH]cnc2[nH]1.O=c1[nH]cnc2nc[nH]c12. The maximum atomic E-state index is 11.0. The maximum Gasteiger partial charge on any atom is 0.466 e. The van der Waals surface area contributed by atoms with Gasteiger partial charge < -0.3 is 65.6 Å². The minimum absolute atomic E-state index is 0.0783. The normalized spacial score (nSPS) is 12.6. The zero-order valence-electron chi connectivity index (χ0n) is 23.2. The second kappa shape index (κ2) is 17.1. The molecular weight excluding hydrogens is 661 g/mol. The first-order valence-corrected chi connectivity index (χ1v) is 13.7. The predicted octanol–water partition coefficient (Wildman–Crippen LogP) is -5.85. The number of anilines is 1. The van der Waals surface area contributed by atoms with Crippen molar-refractivity contribution in [2.24, 2.45) is 0 Å².